The number of nitrogens with one attached hydrogen (secondary N) is 1. The molecule has 2 aliphatic rings. The molecule has 2 N–H and O–H groups in total. The quantitative estimate of drug-likeness (QED) is 0.515. The molecule has 0 spiro atoms. The summed E-state index contributed by atoms with van der Waals surface area (Å²) >= 11 is 0. The van der Waals surface area contributed by atoms with E-state index in [0.29, 0.717) is 35.2 Å². The van der Waals surface area contributed by atoms with Gasteiger partial charge in [-0.15, -0.1) is 0 Å². The van der Waals surface area contributed by atoms with Crippen LogP contribution in [0.3, 0.4) is 0 Å². The van der Waals surface area contributed by atoms with E-state index in [1.54, 1.807) is 19.1 Å². The maximum Gasteiger partial charge on any atom is 0.336 e. The number of carbonyl (C=O) groups is 2. The molecule has 3 rings (SSSR count). The number of allylic oxidation sites excluding steroid dienone is 3. The van der Waals surface area contributed by atoms with Crippen LogP contribution in [0.5, 0.6) is 17.2 Å². The molecule has 30 heavy (non-hydrogen) atoms. The third kappa shape index (κ3) is 4.00. The van der Waals surface area contributed by atoms with Crippen molar-refractivity contribution >= 4 is 11.8 Å². The molecule has 1 atom stereocenters. The molecule has 1 aliphatic heterocycles. The Morgan fingerprint density at radius 1 is 1.13 bits per heavy atom. The van der Waals surface area contributed by atoms with Crippen molar-refractivity contribution in [3.63, 3.8) is 0 Å². The summed E-state index contributed by atoms with van der Waals surface area (Å²) in [5.74, 6) is -0.970. The van der Waals surface area contributed by atoms with Crippen molar-refractivity contribution in [1.29, 1.82) is 0 Å². The van der Waals surface area contributed by atoms with Gasteiger partial charge in [0.2, 0.25) is 5.75 Å². The molecule has 0 aromatic heterocycles. The first kappa shape index (κ1) is 21.7. The number of hydrogen-bond donors (Lipinski definition) is 2. The summed E-state index contributed by atoms with van der Waals surface area (Å²) in [5.41, 5.74) is 2.93. The van der Waals surface area contributed by atoms with Gasteiger partial charge in [0.05, 0.1) is 26.4 Å². The van der Waals surface area contributed by atoms with E-state index < -0.39 is 11.9 Å². The minimum atomic E-state index is -0.660. The van der Waals surface area contributed by atoms with Crippen molar-refractivity contribution < 1.29 is 33.6 Å². The Balaban J connectivity index is 2.16. The second-order valence-electron chi connectivity index (χ2n) is 7.17. The van der Waals surface area contributed by atoms with Gasteiger partial charge in [0.1, 0.15) is 6.61 Å². The molecule has 8 nitrogen and oxygen atoms in total. The predicted octanol–water partition coefficient (Wildman–Crippen LogP) is 2.57. The zero-order chi connectivity index (χ0) is 21.8. The monoisotopic (exact) mass is 417 g/mol. The molecule has 0 bridgehead atoms. The molecule has 0 saturated heterocycles. The molecule has 1 aromatic carbocycles. The Morgan fingerprint density at radius 2 is 1.80 bits per heavy atom. The number of phenols is 1. The van der Waals surface area contributed by atoms with Crippen LogP contribution in [-0.4, -0.2) is 51.4 Å². The lowest BCUT2D eigenvalue weighted by Gasteiger charge is -2.34. The molecule has 1 aliphatic carbocycles. The first-order chi connectivity index (χ1) is 14.4. The van der Waals surface area contributed by atoms with E-state index in [-0.39, 0.29) is 36.2 Å². The number of carbonyl (C=O) groups excluding carboxylic acids is 2. The third-order valence-electron chi connectivity index (χ3n) is 5.35. The number of rotatable bonds is 7. The summed E-state index contributed by atoms with van der Waals surface area (Å²) in [4.78, 5) is 25.9. The van der Waals surface area contributed by atoms with Crippen molar-refractivity contribution in [3.8, 4) is 17.2 Å². The Bertz CT molecular complexity index is 891. The standard InChI is InChI=1S/C22H27NO7/c1-12-18(22(26)30-9-8-27-2)19(20-14(23-12)6-5-7-15(20)24)13-10-16(28-3)21(25)17(11-13)29-4/h10-11,19,23,25H,5-9H2,1-4H3. The Hall–Kier alpha value is -3.00. The van der Waals surface area contributed by atoms with E-state index in [0.717, 1.165) is 12.1 Å². The summed E-state index contributed by atoms with van der Waals surface area (Å²) in [6, 6.07) is 3.24. The van der Waals surface area contributed by atoms with E-state index in [4.69, 9.17) is 18.9 Å². The Kier molecular flexibility index (Phi) is 6.66. The minimum absolute atomic E-state index is 0.0190. The molecule has 0 saturated carbocycles. The first-order valence-corrected chi connectivity index (χ1v) is 9.77. The molecule has 0 radical (unpaired) electrons. The fourth-order valence-corrected chi connectivity index (χ4v) is 3.96. The SMILES string of the molecule is COCCOC(=O)C1=C(C)NC2=C(C(=O)CCC2)C1c1cc(OC)c(O)c(OC)c1. The molecular weight excluding hydrogens is 390 g/mol. The highest BCUT2D eigenvalue weighted by molar-refractivity contribution is 6.03. The minimum Gasteiger partial charge on any atom is -0.502 e. The lowest BCUT2D eigenvalue weighted by molar-refractivity contribution is -0.140. The normalized spacial score (nSPS) is 18.7. The van der Waals surface area contributed by atoms with Crippen LogP contribution >= 0.6 is 0 Å². The number of hydrogen-bond acceptors (Lipinski definition) is 8. The van der Waals surface area contributed by atoms with Gasteiger partial charge < -0.3 is 29.4 Å². The number of esters is 1. The summed E-state index contributed by atoms with van der Waals surface area (Å²) < 4.78 is 20.9. The van der Waals surface area contributed by atoms with Gasteiger partial charge >= 0.3 is 5.97 Å². The van der Waals surface area contributed by atoms with Gasteiger partial charge in [-0.3, -0.25) is 4.79 Å². The van der Waals surface area contributed by atoms with Crippen LogP contribution < -0.4 is 14.8 Å². The van der Waals surface area contributed by atoms with Crippen molar-refractivity contribution in [2.45, 2.75) is 32.1 Å². The number of benzene rings is 1. The maximum atomic E-state index is 13.0. The zero-order valence-corrected chi connectivity index (χ0v) is 17.7. The van der Waals surface area contributed by atoms with Gasteiger partial charge in [0.15, 0.2) is 17.3 Å². The van der Waals surface area contributed by atoms with E-state index in [1.807, 2.05) is 0 Å². The fourth-order valence-electron chi connectivity index (χ4n) is 3.96. The average molecular weight is 417 g/mol. The van der Waals surface area contributed by atoms with Crippen LogP contribution in [0.15, 0.2) is 34.7 Å². The zero-order valence-electron chi connectivity index (χ0n) is 17.7. The lowest BCUT2D eigenvalue weighted by Crippen LogP contribution is -2.34. The number of dihydropyridines is 1. The highest BCUT2D eigenvalue weighted by atomic mass is 16.6. The largest absolute Gasteiger partial charge is 0.502 e. The number of methoxy groups -OCH3 is 3. The van der Waals surface area contributed by atoms with Gasteiger partial charge in [0.25, 0.3) is 0 Å². The predicted molar refractivity (Wildman–Crippen MR) is 109 cm³/mol. The van der Waals surface area contributed by atoms with E-state index in [1.165, 1.54) is 21.3 Å². The number of aromatic hydroxyl groups is 1. The smallest absolute Gasteiger partial charge is 0.336 e. The van der Waals surface area contributed by atoms with Crippen LogP contribution in [0.4, 0.5) is 0 Å². The van der Waals surface area contributed by atoms with Crippen LogP contribution in [0.25, 0.3) is 0 Å². The van der Waals surface area contributed by atoms with Gasteiger partial charge in [-0.25, -0.2) is 4.79 Å². The Morgan fingerprint density at radius 3 is 2.40 bits per heavy atom. The van der Waals surface area contributed by atoms with Gasteiger partial charge in [-0.05, 0) is 37.5 Å². The third-order valence-corrected chi connectivity index (χ3v) is 5.35. The summed E-state index contributed by atoms with van der Waals surface area (Å²) in [5, 5.41) is 13.5. The molecule has 8 heteroatoms. The highest BCUT2D eigenvalue weighted by Crippen LogP contribution is 2.46. The lowest BCUT2D eigenvalue weighted by atomic mass is 9.75. The van der Waals surface area contributed by atoms with Gasteiger partial charge in [0, 0.05) is 36.4 Å². The van der Waals surface area contributed by atoms with Crippen molar-refractivity contribution in [2.24, 2.45) is 0 Å². The van der Waals surface area contributed by atoms with Crippen molar-refractivity contribution in [1.82, 2.24) is 5.32 Å². The number of ether oxygens (including phenoxy) is 4. The molecule has 0 amide bonds. The van der Waals surface area contributed by atoms with Crippen LogP contribution in [0, 0.1) is 0 Å². The second-order valence-corrected chi connectivity index (χ2v) is 7.17. The fraction of sp³-hybridized carbons (Fsp3) is 0.455. The molecule has 1 aromatic rings. The average Bonchev–Trinajstić information content (AvgIpc) is 2.73. The number of phenolic OH excluding ortho intramolecular Hbond substituents is 1. The maximum absolute atomic E-state index is 13.0. The molecule has 162 valence electrons. The second kappa shape index (κ2) is 9.21. The number of ketones is 1. The van der Waals surface area contributed by atoms with E-state index in [2.05, 4.69) is 5.32 Å². The molecule has 0 fully saturated rings. The molecule has 1 heterocycles. The molecular formula is C22H27NO7. The molecule has 1 unspecified atom stereocenters. The van der Waals surface area contributed by atoms with Crippen LogP contribution in [0.1, 0.15) is 37.7 Å². The van der Waals surface area contributed by atoms with E-state index >= 15 is 0 Å². The number of Topliss-reactive ketones (excluding diaryl/α,β-unsaturated/α-hetero) is 1. The summed E-state index contributed by atoms with van der Waals surface area (Å²) in [7, 11) is 4.38. The van der Waals surface area contributed by atoms with Crippen LogP contribution in [-0.2, 0) is 19.1 Å². The topological polar surface area (TPSA) is 103 Å². The summed E-state index contributed by atoms with van der Waals surface area (Å²) in [6.45, 7) is 2.16. The van der Waals surface area contributed by atoms with Crippen molar-refractivity contribution in [2.75, 3.05) is 34.5 Å². The van der Waals surface area contributed by atoms with Crippen LogP contribution in [0.2, 0.25) is 0 Å². The first-order valence-electron chi connectivity index (χ1n) is 9.77. The van der Waals surface area contributed by atoms with Gasteiger partial charge in [-0.2, -0.15) is 0 Å². The summed E-state index contributed by atoms with van der Waals surface area (Å²) in [6.07, 6.45) is 1.88. The Labute approximate surface area is 175 Å². The highest BCUT2D eigenvalue weighted by Gasteiger charge is 2.39. The van der Waals surface area contributed by atoms with Gasteiger partial charge in [-0.1, -0.05) is 0 Å². The van der Waals surface area contributed by atoms with E-state index in [9.17, 15) is 14.7 Å². The van der Waals surface area contributed by atoms with Crippen molar-refractivity contribution in [3.05, 3.63) is 40.2 Å².